The minimum Gasteiger partial charge on any atom is -0.378 e. The van der Waals surface area contributed by atoms with Crippen molar-refractivity contribution in [2.75, 3.05) is 13.7 Å². The van der Waals surface area contributed by atoms with Gasteiger partial charge in [0.05, 0.1) is 12.0 Å². The van der Waals surface area contributed by atoms with Crippen LogP contribution in [0.25, 0.3) is 0 Å². The monoisotopic (exact) mass is 240 g/mol. The first-order chi connectivity index (χ1) is 8.03. The predicted octanol–water partition coefficient (Wildman–Crippen LogP) is 0.669. The van der Waals surface area contributed by atoms with Gasteiger partial charge in [-0.1, -0.05) is 0 Å². The summed E-state index contributed by atoms with van der Waals surface area (Å²) in [5.74, 6) is 0.853. The number of amides is 1. The van der Waals surface area contributed by atoms with Crippen molar-refractivity contribution in [3.63, 3.8) is 0 Å². The summed E-state index contributed by atoms with van der Waals surface area (Å²) < 4.78 is 5.19. The first kappa shape index (κ1) is 13.6. The zero-order chi connectivity index (χ0) is 12.7. The third-order valence-corrected chi connectivity index (χ3v) is 2.52. The van der Waals surface area contributed by atoms with Gasteiger partial charge in [0.2, 0.25) is 5.91 Å². The van der Waals surface area contributed by atoms with Crippen molar-refractivity contribution in [3.05, 3.63) is 12.2 Å². The van der Waals surface area contributed by atoms with E-state index >= 15 is 0 Å². The Labute approximate surface area is 101 Å². The van der Waals surface area contributed by atoms with Gasteiger partial charge in [0.1, 0.15) is 12.2 Å². The molecular formula is C11H20N4O2. The van der Waals surface area contributed by atoms with Crippen LogP contribution in [0.3, 0.4) is 0 Å². The highest BCUT2D eigenvalue weighted by Crippen LogP contribution is 2.12. The van der Waals surface area contributed by atoms with Crippen LogP contribution in [0.2, 0.25) is 0 Å². The molecular weight excluding hydrogens is 220 g/mol. The molecule has 1 amide bonds. The van der Waals surface area contributed by atoms with E-state index in [4.69, 9.17) is 4.74 Å². The second kappa shape index (κ2) is 6.34. The molecule has 0 radical (unpaired) electrons. The van der Waals surface area contributed by atoms with Crippen LogP contribution in [-0.2, 0) is 16.0 Å². The van der Waals surface area contributed by atoms with Crippen molar-refractivity contribution in [2.45, 2.75) is 38.7 Å². The molecule has 0 atom stereocenters. The Balaban J connectivity index is 2.12. The highest BCUT2D eigenvalue weighted by molar-refractivity contribution is 5.76. The molecule has 1 aromatic heterocycles. The number of H-pyrrole nitrogens is 1. The van der Waals surface area contributed by atoms with Crippen LogP contribution in [0, 0.1) is 0 Å². The number of rotatable bonds is 7. The summed E-state index contributed by atoms with van der Waals surface area (Å²) in [6.07, 6.45) is 3.48. The largest absolute Gasteiger partial charge is 0.378 e. The molecule has 0 fully saturated rings. The third-order valence-electron chi connectivity index (χ3n) is 2.52. The Morgan fingerprint density at radius 2 is 2.35 bits per heavy atom. The summed E-state index contributed by atoms with van der Waals surface area (Å²) in [5, 5.41) is 9.39. The lowest BCUT2D eigenvalue weighted by molar-refractivity contribution is -0.126. The summed E-state index contributed by atoms with van der Waals surface area (Å²) in [6.45, 7) is 4.42. The van der Waals surface area contributed by atoms with Crippen molar-refractivity contribution in [3.8, 4) is 0 Å². The molecule has 0 spiro atoms. The van der Waals surface area contributed by atoms with Crippen molar-refractivity contribution in [1.29, 1.82) is 0 Å². The number of hydrogen-bond acceptors (Lipinski definition) is 4. The molecule has 0 saturated heterocycles. The lowest BCUT2D eigenvalue weighted by Gasteiger charge is -2.21. The van der Waals surface area contributed by atoms with Crippen LogP contribution in [0.4, 0.5) is 0 Å². The lowest BCUT2D eigenvalue weighted by Crippen LogP contribution is -2.34. The van der Waals surface area contributed by atoms with Crippen LogP contribution in [0.1, 0.15) is 32.5 Å². The molecule has 0 bridgehead atoms. The number of nitrogens with one attached hydrogen (secondary N) is 2. The number of hydrogen-bond donors (Lipinski definition) is 2. The van der Waals surface area contributed by atoms with Crippen LogP contribution in [0.15, 0.2) is 6.33 Å². The zero-order valence-corrected chi connectivity index (χ0v) is 10.6. The maximum atomic E-state index is 11.6. The predicted molar refractivity (Wildman–Crippen MR) is 63.4 cm³/mol. The Morgan fingerprint density at radius 3 is 2.94 bits per heavy atom. The Hall–Kier alpha value is -1.43. The summed E-state index contributed by atoms with van der Waals surface area (Å²) >= 11 is 0. The first-order valence-corrected chi connectivity index (χ1v) is 5.69. The number of aromatic amines is 1. The van der Waals surface area contributed by atoms with Crippen LogP contribution < -0.4 is 5.32 Å². The Bertz CT molecular complexity index is 335. The number of methoxy groups -OCH3 is 1. The first-order valence-electron chi connectivity index (χ1n) is 5.69. The van der Waals surface area contributed by atoms with E-state index in [1.807, 2.05) is 13.8 Å². The molecule has 6 heteroatoms. The average Bonchev–Trinajstić information content (AvgIpc) is 2.77. The molecule has 2 N–H and O–H groups in total. The van der Waals surface area contributed by atoms with Gasteiger partial charge in [0, 0.05) is 20.1 Å². The molecule has 0 aliphatic carbocycles. The van der Waals surface area contributed by atoms with Crippen molar-refractivity contribution in [2.24, 2.45) is 0 Å². The molecule has 6 nitrogen and oxygen atoms in total. The highest BCUT2D eigenvalue weighted by Gasteiger charge is 2.20. The second-order valence-electron chi connectivity index (χ2n) is 4.53. The van der Waals surface area contributed by atoms with E-state index in [1.165, 1.54) is 6.33 Å². The molecule has 17 heavy (non-hydrogen) atoms. The molecule has 1 aromatic rings. The van der Waals surface area contributed by atoms with E-state index in [1.54, 1.807) is 7.11 Å². The lowest BCUT2D eigenvalue weighted by atomic mass is 10.1. The molecule has 0 unspecified atom stereocenters. The van der Waals surface area contributed by atoms with Gasteiger partial charge in [-0.2, -0.15) is 5.10 Å². The van der Waals surface area contributed by atoms with Gasteiger partial charge in [-0.05, 0) is 20.3 Å². The standard InChI is InChI=1S/C11H20N4O2/c1-11(2,17-3)7-10(16)12-6-4-5-9-13-8-14-15-9/h8H,4-7H2,1-3H3,(H,12,16)(H,13,14,15). The van der Waals surface area contributed by atoms with Gasteiger partial charge >= 0.3 is 0 Å². The van der Waals surface area contributed by atoms with Gasteiger partial charge in [-0.25, -0.2) is 4.98 Å². The Morgan fingerprint density at radius 1 is 1.59 bits per heavy atom. The van der Waals surface area contributed by atoms with Crippen molar-refractivity contribution >= 4 is 5.91 Å². The third kappa shape index (κ3) is 5.44. The van der Waals surface area contributed by atoms with Crippen molar-refractivity contribution < 1.29 is 9.53 Å². The van der Waals surface area contributed by atoms with Gasteiger partial charge in [0.25, 0.3) is 0 Å². The minimum atomic E-state index is -0.408. The van der Waals surface area contributed by atoms with Gasteiger partial charge in [-0.15, -0.1) is 0 Å². The maximum absolute atomic E-state index is 11.6. The van der Waals surface area contributed by atoms with E-state index in [0.29, 0.717) is 13.0 Å². The normalized spacial score (nSPS) is 11.5. The highest BCUT2D eigenvalue weighted by atomic mass is 16.5. The molecule has 1 rings (SSSR count). The smallest absolute Gasteiger partial charge is 0.222 e. The summed E-state index contributed by atoms with van der Waals surface area (Å²) in [4.78, 5) is 15.6. The number of aromatic nitrogens is 3. The topological polar surface area (TPSA) is 79.9 Å². The van der Waals surface area contributed by atoms with E-state index in [2.05, 4.69) is 20.5 Å². The van der Waals surface area contributed by atoms with Crippen molar-refractivity contribution in [1.82, 2.24) is 20.5 Å². The second-order valence-corrected chi connectivity index (χ2v) is 4.53. The van der Waals surface area contributed by atoms with Gasteiger partial charge in [0.15, 0.2) is 0 Å². The van der Waals surface area contributed by atoms with E-state index in [0.717, 1.165) is 18.7 Å². The fourth-order valence-corrected chi connectivity index (χ4v) is 1.36. The van der Waals surface area contributed by atoms with E-state index in [-0.39, 0.29) is 5.91 Å². The van der Waals surface area contributed by atoms with Crippen LogP contribution in [0.5, 0.6) is 0 Å². The quantitative estimate of drug-likeness (QED) is 0.686. The number of carbonyl (C=O) groups excluding carboxylic acids is 1. The summed E-state index contributed by atoms with van der Waals surface area (Å²) in [5.41, 5.74) is -0.408. The fourth-order valence-electron chi connectivity index (χ4n) is 1.36. The Kier molecular flexibility index (Phi) is 5.09. The SMILES string of the molecule is COC(C)(C)CC(=O)NCCCc1ncn[nH]1. The molecule has 96 valence electrons. The van der Waals surface area contributed by atoms with Gasteiger partial charge in [-0.3, -0.25) is 9.89 Å². The van der Waals surface area contributed by atoms with E-state index in [9.17, 15) is 4.79 Å². The summed E-state index contributed by atoms with van der Waals surface area (Å²) in [7, 11) is 1.61. The fraction of sp³-hybridized carbons (Fsp3) is 0.727. The number of aryl methyl sites for hydroxylation is 1. The van der Waals surface area contributed by atoms with Crippen LogP contribution in [-0.4, -0.2) is 40.3 Å². The number of nitrogens with zero attached hydrogens (tertiary/aromatic N) is 2. The van der Waals surface area contributed by atoms with Crippen LogP contribution >= 0.6 is 0 Å². The van der Waals surface area contributed by atoms with E-state index < -0.39 is 5.60 Å². The summed E-state index contributed by atoms with van der Waals surface area (Å²) in [6, 6.07) is 0. The molecule has 1 heterocycles. The molecule has 0 saturated carbocycles. The average molecular weight is 240 g/mol. The number of carbonyl (C=O) groups is 1. The molecule has 0 aromatic carbocycles. The number of ether oxygens (including phenoxy) is 1. The zero-order valence-electron chi connectivity index (χ0n) is 10.6. The molecule has 0 aliphatic rings. The van der Waals surface area contributed by atoms with Gasteiger partial charge < -0.3 is 10.1 Å². The minimum absolute atomic E-state index is 0.00872. The maximum Gasteiger partial charge on any atom is 0.222 e. The molecule has 0 aliphatic heterocycles.